The molecule has 260 valence electrons. The van der Waals surface area contributed by atoms with Gasteiger partial charge in [-0.05, 0) is 76.9 Å². The Balaban J connectivity index is 1.49. The van der Waals surface area contributed by atoms with Gasteiger partial charge in [0.25, 0.3) is 0 Å². The number of methoxy groups -OCH3 is 1. The van der Waals surface area contributed by atoms with Crippen LogP contribution in [0.3, 0.4) is 0 Å². The van der Waals surface area contributed by atoms with Crippen LogP contribution in [0.25, 0.3) is 10.9 Å². The normalized spacial score (nSPS) is 16.4. The molecule has 0 radical (unpaired) electrons. The second-order valence-electron chi connectivity index (χ2n) is 14.5. The van der Waals surface area contributed by atoms with Crippen LogP contribution in [0.2, 0.25) is 5.02 Å². The molecule has 0 bridgehead atoms. The molecule has 13 heteroatoms. The molecule has 9 nitrogen and oxygen atoms in total. The molecule has 3 aromatic rings. The number of likely N-dealkylation sites (tertiary alicyclic amines) is 2. The van der Waals surface area contributed by atoms with Crippen LogP contribution in [0.4, 0.5) is 22.8 Å². The molecule has 2 amide bonds. The Morgan fingerprint density at radius 1 is 0.854 bits per heavy atom. The molecule has 0 atom stereocenters. The number of benzene rings is 2. The average molecular weight is 692 g/mol. The Kier molecular flexibility index (Phi) is 9.33. The fraction of sp³-hybridized carbons (Fsp3) is 0.514. The first-order valence-corrected chi connectivity index (χ1v) is 16.1. The third-order valence-electron chi connectivity index (χ3n) is 8.61. The highest BCUT2D eigenvalue weighted by atomic mass is 35.5. The molecule has 3 heterocycles. The fourth-order valence-corrected chi connectivity index (χ4v) is 6.40. The number of ether oxygens (including phenoxy) is 3. The minimum atomic E-state index is -4.46. The lowest BCUT2D eigenvalue weighted by Crippen LogP contribution is -2.67. The highest BCUT2D eigenvalue weighted by molar-refractivity contribution is 6.36. The van der Waals surface area contributed by atoms with E-state index in [0.29, 0.717) is 27.6 Å². The number of nitrogens with zero attached hydrogens (tertiary/aromatic N) is 3. The van der Waals surface area contributed by atoms with Crippen LogP contribution >= 0.6 is 11.6 Å². The Labute approximate surface area is 282 Å². The Morgan fingerprint density at radius 3 is 1.77 bits per heavy atom. The second-order valence-corrected chi connectivity index (χ2v) is 14.9. The first kappa shape index (κ1) is 35.5. The van der Waals surface area contributed by atoms with Gasteiger partial charge in [-0.2, -0.15) is 13.2 Å². The summed E-state index contributed by atoms with van der Waals surface area (Å²) in [4.78, 5) is 33.2. The summed E-state index contributed by atoms with van der Waals surface area (Å²) in [6.07, 6.45) is -5.26. The van der Waals surface area contributed by atoms with Gasteiger partial charge in [0.2, 0.25) is 5.88 Å². The summed E-state index contributed by atoms with van der Waals surface area (Å²) in [6, 6.07) is 10.0. The Hall–Kier alpha value is -3.77. The van der Waals surface area contributed by atoms with E-state index in [1.54, 1.807) is 59.7 Å². The van der Waals surface area contributed by atoms with Gasteiger partial charge in [-0.3, -0.25) is 0 Å². The lowest BCUT2D eigenvalue weighted by Gasteiger charge is -2.55. The molecular formula is C35H41ClF3N3O6. The van der Waals surface area contributed by atoms with E-state index in [9.17, 15) is 27.9 Å². The second kappa shape index (κ2) is 12.6. The average Bonchev–Trinajstić information content (AvgIpc) is 2.90. The van der Waals surface area contributed by atoms with Crippen LogP contribution in [-0.4, -0.2) is 76.6 Å². The van der Waals surface area contributed by atoms with Crippen LogP contribution in [0.15, 0.2) is 42.5 Å². The van der Waals surface area contributed by atoms with E-state index in [4.69, 9.17) is 25.8 Å². The summed E-state index contributed by atoms with van der Waals surface area (Å²) in [5.74, 6) is -0.538. The van der Waals surface area contributed by atoms with Gasteiger partial charge in [-0.1, -0.05) is 29.8 Å². The summed E-state index contributed by atoms with van der Waals surface area (Å²) < 4.78 is 56.0. The first-order valence-electron chi connectivity index (χ1n) is 15.7. The Morgan fingerprint density at radius 2 is 1.33 bits per heavy atom. The van der Waals surface area contributed by atoms with Gasteiger partial charge < -0.3 is 29.1 Å². The third-order valence-corrected chi connectivity index (χ3v) is 9.04. The molecule has 0 aliphatic carbocycles. The zero-order chi connectivity index (χ0) is 35.4. The molecule has 0 spiro atoms. The van der Waals surface area contributed by atoms with E-state index >= 15 is 0 Å². The van der Waals surface area contributed by atoms with Crippen LogP contribution in [0.5, 0.6) is 5.88 Å². The van der Waals surface area contributed by atoms with Crippen molar-refractivity contribution >= 4 is 34.7 Å². The van der Waals surface area contributed by atoms with E-state index in [2.05, 4.69) is 4.98 Å². The standard InChI is InChI=1S/C35H41ClF3N3O6/c1-32(2,3)47-30(43)41-16-23(17-41)34(45,24-18-42(19-24)31(44)48-33(4,5)6)22-12-13-27-25(15-22)28(36)26(29(40-27)46-7)14-20-8-10-21(11-9-20)35(37,38)39/h8-13,15,23-24,45H,14,16-19H2,1-7H3. The maximum absolute atomic E-state index is 13.1. The SMILES string of the molecule is COc1nc2ccc(C(O)(C3CN(C(=O)OC(C)(C)C)C3)C3CN(C(=O)OC(C)(C)C)C3)cc2c(Cl)c1Cc1ccc(C(F)(F)F)cc1. The van der Waals surface area contributed by atoms with Crippen LogP contribution in [0, 0.1) is 11.8 Å². The van der Waals surface area contributed by atoms with Crippen molar-refractivity contribution in [2.45, 2.75) is 70.9 Å². The molecule has 2 fully saturated rings. The maximum atomic E-state index is 13.1. The van der Waals surface area contributed by atoms with Crippen molar-refractivity contribution in [2.75, 3.05) is 33.3 Å². The largest absolute Gasteiger partial charge is 0.481 e. The predicted octanol–water partition coefficient (Wildman–Crippen LogP) is 7.43. The van der Waals surface area contributed by atoms with Crippen molar-refractivity contribution in [2.24, 2.45) is 11.8 Å². The number of fused-ring (bicyclic) bond motifs is 1. The van der Waals surface area contributed by atoms with Gasteiger partial charge in [0, 0.05) is 55.4 Å². The van der Waals surface area contributed by atoms with E-state index in [-0.39, 0.29) is 55.3 Å². The van der Waals surface area contributed by atoms with Crippen LogP contribution < -0.4 is 4.74 Å². The van der Waals surface area contributed by atoms with Crippen molar-refractivity contribution in [1.29, 1.82) is 0 Å². The lowest BCUT2D eigenvalue weighted by molar-refractivity contribution is -0.159. The molecule has 2 aliphatic rings. The van der Waals surface area contributed by atoms with E-state index in [0.717, 1.165) is 12.1 Å². The highest BCUT2D eigenvalue weighted by Gasteiger charge is 2.56. The topological polar surface area (TPSA) is 101 Å². The number of aromatic nitrogens is 1. The number of carbonyl (C=O) groups is 2. The lowest BCUT2D eigenvalue weighted by atomic mass is 9.66. The van der Waals surface area contributed by atoms with E-state index in [1.807, 2.05) is 0 Å². The minimum Gasteiger partial charge on any atom is -0.481 e. The quantitative estimate of drug-likeness (QED) is 0.287. The van der Waals surface area contributed by atoms with Crippen molar-refractivity contribution in [3.63, 3.8) is 0 Å². The number of rotatable bonds is 6. The van der Waals surface area contributed by atoms with Gasteiger partial charge in [-0.25, -0.2) is 14.6 Å². The summed E-state index contributed by atoms with van der Waals surface area (Å²) in [7, 11) is 1.44. The number of halogens is 4. The molecule has 2 aliphatic heterocycles. The predicted molar refractivity (Wildman–Crippen MR) is 174 cm³/mol. The molecule has 0 unspecified atom stereocenters. The van der Waals surface area contributed by atoms with Gasteiger partial charge in [0.15, 0.2) is 0 Å². The van der Waals surface area contributed by atoms with Crippen LogP contribution in [0.1, 0.15) is 63.8 Å². The first-order chi connectivity index (χ1) is 22.2. The summed E-state index contributed by atoms with van der Waals surface area (Å²) in [6.45, 7) is 11.6. The number of hydrogen-bond donors (Lipinski definition) is 1. The zero-order valence-electron chi connectivity index (χ0n) is 28.1. The molecule has 1 N–H and O–H groups in total. The van der Waals surface area contributed by atoms with Gasteiger partial charge in [0.1, 0.15) is 16.8 Å². The fourth-order valence-electron chi connectivity index (χ4n) is 6.10. The van der Waals surface area contributed by atoms with Gasteiger partial charge in [-0.15, -0.1) is 0 Å². The molecule has 0 saturated carbocycles. The molecule has 1 aromatic heterocycles. The minimum absolute atomic E-state index is 0.151. The highest BCUT2D eigenvalue weighted by Crippen LogP contribution is 2.47. The number of alkyl halides is 3. The van der Waals surface area contributed by atoms with Gasteiger partial charge in [0.05, 0.1) is 23.2 Å². The number of aliphatic hydroxyl groups is 1. The zero-order valence-corrected chi connectivity index (χ0v) is 28.8. The number of hydrogen-bond acceptors (Lipinski definition) is 7. The maximum Gasteiger partial charge on any atom is 0.416 e. The van der Waals surface area contributed by atoms with Crippen molar-refractivity contribution in [1.82, 2.24) is 14.8 Å². The number of carbonyl (C=O) groups excluding carboxylic acids is 2. The summed E-state index contributed by atoms with van der Waals surface area (Å²) >= 11 is 6.99. The molecular weight excluding hydrogens is 651 g/mol. The Bertz CT molecular complexity index is 1650. The number of amides is 2. The van der Waals surface area contributed by atoms with E-state index in [1.165, 1.54) is 29.0 Å². The number of pyridine rings is 1. The van der Waals surface area contributed by atoms with Crippen LogP contribution in [-0.2, 0) is 27.7 Å². The molecule has 48 heavy (non-hydrogen) atoms. The molecule has 2 saturated heterocycles. The van der Waals surface area contributed by atoms with Crippen molar-refractivity contribution in [3.8, 4) is 5.88 Å². The molecule has 5 rings (SSSR count). The smallest absolute Gasteiger partial charge is 0.416 e. The summed E-state index contributed by atoms with van der Waals surface area (Å²) in [5, 5.41) is 13.4. The van der Waals surface area contributed by atoms with Gasteiger partial charge >= 0.3 is 18.4 Å². The molecule has 2 aromatic carbocycles. The van der Waals surface area contributed by atoms with Crippen molar-refractivity contribution < 1.29 is 42.1 Å². The third kappa shape index (κ3) is 7.29. The monoisotopic (exact) mass is 691 g/mol. The van der Waals surface area contributed by atoms with E-state index < -0.39 is 40.7 Å². The summed E-state index contributed by atoms with van der Waals surface area (Å²) in [5.41, 5.74) is -1.51. The van der Waals surface area contributed by atoms with Crippen molar-refractivity contribution in [3.05, 3.63) is 69.7 Å².